The molecule has 1 saturated heterocycles. The molecule has 0 saturated carbocycles. The summed E-state index contributed by atoms with van der Waals surface area (Å²) in [5.41, 5.74) is -0.139. The maximum Gasteiger partial charge on any atom is 0.217 e. The minimum Gasteiger partial charge on any atom is -0.504 e. The number of phenols is 1. The lowest BCUT2D eigenvalue weighted by Gasteiger charge is -2.42. The molecule has 112 valence electrons. The zero-order valence-electron chi connectivity index (χ0n) is 11.7. The molecule has 0 bridgehead atoms. The van der Waals surface area contributed by atoms with E-state index in [0.29, 0.717) is 11.3 Å². The zero-order chi connectivity index (χ0) is 15.0. The van der Waals surface area contributed by atoms with Gasteiger partial charge in [-0.15, -0.1) is 0 Å². The van der Waals surface area contributed by atoms with Gasteiger partial charge in [-0.25, -0.2) is 4.89 Å². The number of methoxy groups -OCH3 is 1. The van der Waals surface area contributed by atoms with Crippen LogP contribution in [0.2, 0.25) is 0 Å². The van der Waals surface area contributed by atoms with Gasteiger partial charge in [0.1, 0.15) is 11.7 Å². The van der Waals surface area contributed by atoms with Gasteiger partial charge in [-0.1, -0.05) is 0 Å². The highest BCUT2D eigenvalue weighted by Crippen LogP contribution is 2.39. The van der Waals surface area contributed by atoms with E-state index >= 15 is 0 Å². The summed E-state index contributed by atoms with van der Waals surface area (Å²) in [6, 6.07) is 4.74. The lowest BCUT2D eigenvalue weighted by Crippen LogP contribution is -2.50. The number of hydrogen-bond donors (Lipinski definition) is 1. The van der Waals surface area contributed by atoms with Crippen molar-refractivity contribution in [1.82, 2.24) is 0 Å². The van der Waals surface area contributed by atoms with Crippen LogP contribution in [-0.4, -0.2) is 29.7 Å². The van der Waals surface area contributed by atoms with E-state index in [2.05, 4.69) is 0 Å². The number of carbonyl (C=O) groups is 1. The largest absolute Gasteiger partial charge is 0.504 e. The molecule has 3 atom stereocenters. The maximum absolute atomic E-state index is 11.5. The van der Waals surface area contributed by atoms with E-state index in [9.17, 15) is 9.90 Å². The molecule has 1 aromatic carbocycles. The monoisotopic (exact) mass is 292 g/mol. The molecule has 0 spiro atoms. The number of ether oxygens (including phenoxy) is 2. The topological polar surface area (TPSA) is 74.2 Å². The van der Waals surface area contributed by atoms with Gasteiger partial charge in [0, 0.05) is 12.0 Å². The quantitative estimate of drug-likeness (QED) is 0.841. The third-order valence-electron chi connectivity index (χ3n) is 3.70. The summed E-state index contributed by atoms with van der Waals surface area (Å²) in [4.78, 5) is 22.2. The van der Waals surface area contributed by atoms with Gasteiger partial charge in [-0.05, 0) is 37.3 Å². The molecule has 6 nitrogen and oxygen atoms in total. The number of allylic oxidation sites excluding steroid dienone is 1. The van der Waals surface area contributed by atoms with Crippen LogP contribution in [0.5, 0.6) is 11.5 Å². The second-order valence-electron chi connectivity index (χ2n) is 5.26. The van der Waals surface area contributed by atoms with Crippen LogP contribution < -0.4 is 4.74 Å². The maximum atomic E-state index is 11.5. The Labute approximate surface area is 121 Å². The van der Waals surface area contributed by atoms with Crippen LogP contribution in [0.15, 0.2) is 30.4 Å². The first-order valence-corrected chi connectivity index (χ1v) is 6.61. The molecule has 1 aliphatic heterocycles. The Morgan fingerprint density at radius 1 is 1.43 bits per heavy atom. The normalized spacial score (nSPS) is 31.8. The van der Waals surface area contributed by atoms with Gasteiger partial charge >= 0.3 is 0 Å². The molecule has 21 heavy (non-hydrogen) atoms. The SMILES string of the molecule is COc1cc(C2OOC3(C)C=CC(=O)CC3O2)ccc1O. The molecule has 0 aromatic heterocycles. The minimum absolute atomic E-state index is 0.00925. The Morgan fingerprint density at radius 2 is 2.24 bits per heavy atom. The fraction of sp³-hybridized carbons (Fsp3) is 0.400. The number of ketones is 1. The highest BCUT2D eigenvalue weighted by atomic mass is 17.2. The Kier molecular flexibility index (Phi) is 3.44. The molecule has 1 aromatic rings. The summed E-state index contributed by atoms with van der Waals surface area (Å²) in [6.45, 7) is 1.80. The van der Waals surface area contributed by atoms with E-state index in [1.54, 1.807) is 25.1 Å². The van der Waals surface area contributed by atoms with Gasteiger partial charge in [0.05, 0.1) is 7.11 Å². The molecule has 1 N–H and O–H groups in total. The number of fused-ring (bicyclic) bond motifs is 1. The van der Waals surface area contributed by atoms with Crippen molar-refractivity contribution in [3.05, 3.63) is 35.9 Å². The smallest absolute Gasteiger partial charge is 0.217 e. The number of benzene rings is 1. The molecule has 6 heteroatoms. The lowest BCUT2D eigenvalue weighted by atomic mass is 9.88. The average molecular weight is 292 g/mol. The van der Waals surface area contributed by atoms with E-state index < -0.39 is 18.0 Å². The van der Waals surface area contributed by atoms with Gasteiger partial charge < -0.3 is 14.6 Å². The van der Waals surface area contributed by atoms with Crippen LogP contribution in [0.1, 0.15) is 25.2 Å². The highest BCUT2D eigenvalue weighted by molar-refractivity contribution is 5.91. The molecular formula is C15H16O6. The summed E-state index contributed by atoms with van der Waals surface area (Å²) in [5.74, 6) is 0.330. The number of aromatic hydroxyl groups is 1. The van der Waals surface area contributed by atoms with E-state index in [4.69, 9.17) is 19.2 Å². The lowest BCUT2D eigenvalue weighted by molar-refractivity contribution is -0.480. The van der Waals surface area contributed by atoms with Crippen molar-refractivity contribution in [3.8, 4) is 11.5 Å². The average Bonchev–Trinajstić information content (AvgIpc) is 2.48. The van der Waals surface area contributed by atoms with E-state index in [1.165, 1.54) is 19.3 Å². The zero-order valence-corrected chi connectivity index (χ0v) is 11.7. The van der Waals surface area contributed by atoms with E-state index in [-0.39, 0.29) is 18.0 Å². The van der Waals surface area contributed by atoms with Crippen LogP contribution in [0.25, 0.3) is 0 Å². The third kappa shape index (κ3) is 2.53. The molecular weight excluding hydrogens is 276 g/mol. The molecule has 3 rings (SSSR count). The fourth-order valence-corrected chi connectivity index (χ4v) is 2.38. The molecule has 0 amide bonds. The summed E-state index contributed by atoms with van der Waals surface area (Å²) in [5, 5.41) is 9.60. The van der Waals surface area contributed by atoms with Crippen LogP contribution in [-0.2, 0) is 19.3 Å². The fourth-order valence-electron chi connectivity index (χ4n) is 2.38. The molecule has 2 aliphatic rings. The first-order chi connectivity index (χ1) is 10.0. The minimum atomic E-state index is -0.781. The first-order valence-electron chi connectivity index (χ1n) is 6.61. The standard InChI is InChI=1S/C15H16O6/c1-15-6-5-10(16)8-13(15)19-14(20-21-15)9-3-4-11(17)12(7-9)18-2/h3-7,13-14,17H,8H2,1-2H3. The van der Waals surface area contributed by atoms with E-state index in [1.807, 2.05) is 0 Å². The van der Waals surface area contributed by atoms with Crippen molar-refractivity contribution in [2.75, 3.05) is 7.11 Å². The Hall–Kier alpha value is -1.89. The number of carbonyl (C=O) groups excluding carboxylic acids is 1. The summed E-state index contributed by atoms with van der Waals surface area (Å²) in [7, 11) is 1.46. The van der Waals surface area contributed by atoms with Gasteiger partial charge in [-0.3, -0.25) is 4.79 Å². The van der Waals surface area contributed by atoms with Crippen molar-refractivity contribution < 1.29 is 29.1 Å². The van der Waals surface area contributed by atoms with Gasteiger partial charge in [0.25, 0.3) is 0 Å². The van der Waals surface area contributed by atoms with Crippen molar-refractivity contribution in [2.24, 2.45) is 0 Å². The molecule has 0 radical (unpaired) electrons. The van der Waals surface area contributed by atoms with Crippen LogP contribution in [0.4, 0.5) is 0 Å². The Bertz CT molecular complexity index is 596. The van der Waals surface area contributed by atoms with Crippen LogP contribution >= 0.6 is 0 Å². The van der Waals surface area contributed by atoms with Gasteiger partial charge in [0.15, 0.2) is 17.3 Å². The summed E-state index contributed by atoms with van der Waals surface area (Å²) >= 11 is 0. The Morgan fingerprint density at radius 3 is 3.00 bits per heavy atom. The van der Waals surface area contributed by atoms with Crippen LogP contribution in [0, 0.1) is 0 Å². The predicted octanol–water partition coefficient (Wildman–Crippen LogP) is 2.03. The summed E-state index contributed by atoms with van der Waals surface area (Å²) in [6.07, 6.45) is 2.16. The number of phenolic OH excluding ortho intramolecular Hbond substituents is 1. The molecule has 1 heterocycles. The second-order valence-corrected chi connectivity index (χ2v) is 5.26. The third-order valence-corrected chi connectivity index (χ3v) is 3.70. The molecule has 1 aliphatic carbocycles. The molecule has 3 unspecified atom stereocenters. The van der Waals surface area contributed by atoms with Crippen molar-refractivity contribution >= 4 is 5.78 Å². The second kappa shape index (κ2) is 5.14. The van der Waals surface area contributed by atoms with Crippen molar-refractivity contribution in [2.45, 2.75) is 31.3 Å². The number of hydrogen-bond acceptors (Lipinski definition) is 6. The van der Waals surface area contributed by atoms with Gasteiger partial charge in [-0.2, -0.15) is 4.89 Å². The number of rotatable bonds is 2. The first kappa shape index (κ1) is 14.1. The summed E-state index contributed by atoms with van der Waals surface area (Å²) < 4.78 is 10.9. The van der Waals surface area contributed by atoms with E-state index in [0.717, 1.165) is 0 Å². The highest BCUT2D eigenvalue weighted by Gasteiger charge is 2.45. The van der Waals surface area contributed by atoms with Crippen LogP contribution in [0.3, 0.4) is 0 Å². The van der Waals surface area contributed by atoms with Crippen molar-refractivity contribution in [3.63, 3.8) is 0 Å². The van der Waals surface area contributed by atoms with Gasteiger partial charge in [0.2, 0.25) is 6.29 Å². The van der Waals surface area contributed by atoms with Crippen molar-refractivity contribution in [1.29, 1.82) is 0 Å². The molecule has 1 fully saturated rings. The Balaban J connectivity index is 1.83. The predicted molar refractivity (Wildman–Crippen MR) is 71.6 cm³/mol.